The van der Waals surface area contributed by atoms with E-state index in [1.807, 2.05) is 0 Å². The van der Waals surface area contributed by atoms with Crippen LogP contribution in [0.5, 0.6) is 0 Å². The quantitative estimate of drug-likeness (QED) is 0.465. The zero-order chi connectivity index (χ0) is 16.3. The van der Waals surface area contributed by atoms with Crippen molar-refractivity contribution in [1.29, 1.82) is 0 Å². The summed E-state index contributed by atoms with van der Waals surface area (Å²) in [6.07, 6.45) is 0. The Labute approximate surface area is 140 Å². The van der Waals surface area contributed by atoms with E-state index < -0.39 is 10.7 Å². The number of benzene rings is 2. The molecule has 0 atom stereocenters. The first-order chi connectivity index (χ1) is 10.4. The van der Waals surface area contributed by atoms with Crippen molar-refractivity contribution in [2.75, 3.05) is 10.6 Å². The standard InChI is InChI=1S/C13H8Cl2FN3O2S/c14-9-3-1-8(6-12(9)19(20)21)18-13(22)17-7-2-4-11(16)10(15)5-7/h1-6H,(H2,17,18,22). The Morgan fingerprint density at radius 1 is 1.09 bits per heavy atom. The lowest BCUT2D eigenvalue weighted by Crippen LogP contribution is -2.19. The van der Waals surface area contributed by atoms with Gasteiger partial charge >= 0.3 is 0 Å². The minimum absolute atomic E-state index is 0.0275. The lowest BCUT2D eigenvalue weighted by molar-refractivity contribution is -0.384. The van der Waals surface area contributed by atoms with Gasteiger partial charge in [0.1, 0.15) is 10.8 Å². The number of rotatable bonds is 3. The topological polar surface area (TPSA) is 67.2 Å². The van der Waals surface area contributed by atoms with Crippen molar-refractivity contribution >= 4 is 57.6 Å². The maximum absolute atomic E-state index is 13.1. The van der Waals surface area contributed by atoms with E-state index in [0.29, 0.717) is 11.4 Å². The number of nitrogens with zero attached hydrogens (tertiary/aromatic N) is 1. The molecule has 0 aliphatic heterocycles. The van der Waals surface area contributed by atoms with Gasteiger partial charge in [0.15, 0.2) is 5.11 Å². The molecule has 0 amide bonds. The van der Waals surface area contributed by atoms with Crippen LogP contribution in [-0.4, -0.2) is 10.0 Å². The fourth-order valence-electron chi connectivity index (χ4n) is 1.60. The summed E-state index contributed by atoms with van der Waals surface area (Å²) in [7, 11) is 0. The van der Waals surface area contributed by atoms with Crippen molar-refractivity contribution in [3.8, 4) is 0 Å². The van der Waals surface area contributed by atoms with E-state index in [1.54, 1.807) is 6.07 Å². The Kier molecular flexibility index (Phi) is 5.12. The van der Waals surface area contributed by atoms with E-state index in [-0.39, 0.29) is 20.8 Å². The van der Waals surface area contributed by atoms with Gasteiger partial charge in [-0.15, -0.1) is 0 Å². The molecule has 0 aromatic heterocycles. The van der Waals surface area contributed by atoms with Gasteiger partial charge in [-0.3, -0.25) is 10.1 Å². The smallest absolute Gasteiger partial charge is 0.289 e. The highest BCUT2D eigenvalue weighted by Crippen LogP contribution is 2.27. The van der Waals surface area contributed by atoms with Crippen LogP contribution in [0.2, 0.25) is 10.0 Å². The number of halogens is 3. The second-order valence-corrected chi connectivity index (χ2v) is 5.35. The van der Waals surface area contributed by atoms with Gasteiger partial charge in [0.05, 0.1) is 9.95 Å². The molecule has 22 heavy (non-hydrogen) atoms. The Hall–Kier alpha value is -1.96. The highest BCUT2D eigenvalue weighted by Gasteiger charge is 2.13. The maximum atomic E-state index is 13.1. The van der Waals surface area contributed by atoms with Crippen LogP contribution in [0, 0.1) is 15.9 Å². The Bertz CT molecular complexity index is 758. The van der Waals surface area contributed by atoms with E-state index in [9.17, 15) is 14.5 Å². The molecule has 0 heterocycles. The zero-order valence-electron chi connectivity index (χ0n) is 10.8. The number of hydrogen-bond donors (Lipinski definition) is 2. The van der Waals surface area contributed by atoms with Crippen LogP contribution in [0.15, 0.2) is 36.4 Å². The predicted octanol–water partition coefficient (Wildman–Crippen LogP) is 4.85. The van der Waals surface area contributed by atoms with Crippen LogP contribution in [0.3, 0.4) is 0 Å². The van der Waals surface area contributed by atoms with Crippen LogP contribution in [0.25, 0.3) is 0 Å². The molecule has 0 saturated heterocycles. The van der Waals surface area contributed by atoms with Crippen molar-refractivity contribution in [3.05, 3.63) is 62.4 Å². The lowest BCUT2D eigenvalue weighted by atomic mass is 10.3. The zero-order valence-corrected chi connectivity index (χ0v) is 13.1. The Balaban J connectivity index is 2.10. The molecular formula is C13H8Cl2FN3O2S. The van der Waals surface area contributed by atoms with Crippen molar-refractivity contribution in [3.63, 3.8) is 0 Å². The second kappa shape index (κ2) is 6.87. The van der Waals surface area contributed by atoms with Crippen LogP contribution in [0.4, 0.5) is 21.5 Å². The summed E-state index contributed by atoms with van der Waals surface area (Å²) >= 11 is 16.5. The van der Waals surface area contributed by atoms with Gasteiger partial charge in [-0.2, -0.15) is 0 Å². The molecule has 9 heteroatoms. The van der Waals surface area contributed by atoms with Crippen LogP contribution >= 0.6 is 35.4 Å². The molecule has 2 aromatic rings. The average molecular weight is 360 g/mol. The molecule has 0 aliphatic rings. The lowest BCUT2D eigenvalue weighted by Gasteiger charge is -2.11. The summed E-state index contributed by atoms with van der Waals surface area (Å²) in [6.45, 7) is 0. The number of nitro groups is 1. The average Bonchev–Trinajstić information content (AvgIpc) is 2.44. The summed E-state index contributed by atoms with van der Waals surface area (Å²) in [5.41, 5.74) is 0.633. The molecule has 0 bridgehead atoms. The molecule has 0 spiro atoms. The first-order valence-corrected chi connectivity index (χ1v) is 7.00. The first-order valence-electron chi connectivity index (χ1n) is 5.84. The first kappa shape index (κ1) is 16.4. The maximum Gasteiger partial charge on any atom is 0.289 e. The third-order valence-corrected chi connectivity index (χ3v) is 3.39. The molecule has 114 valence electrons. The normalized spacial score (nSPS) is 10.1. The third-order valence-electron chi connectivity index (χ3n) is 2.58. The molecule has 0 radical (unpaired) electrons. The van der Waals surface area contributed by atoms with Crippen molar-refractivity contribution in [1.82, 2.24) is 0 Å². The van der Waals surface area contributed by atoms with Crippen LogP contribution < -0.4 is 10.6 Å². The van der Waals surface area contributed by atoms with Gasteiger partial charge in [-0.1, -0.05) is 23.2 Å². The summed E-state index contributed by atoms with van der Waals surface area (Å²) in [5.74, 6) is -0.542. The van der Waals surface area contributed by atoms with E-state index in [2.05, 4.69) is 10.6 Å². The molecule has 0 saturated carbocycles. The summed E-state index contributed by atoms with van der Waals surface area (Å²) in [4.78, 5) is 10.2. The van der Waals surface area contributed by atoms with E-state index in [0.717, 1.165) is 0 Å². The van der Waals surface area contributed by atoms with E-state index >= 15 is 0 Å². The third kappa shape index (κ3) is 4.03. The minimum Gasteiger partial charge on any atom is -0.332 e. The van der Waals surface area contributed by atoms with E-state index in [1.165, 1.54) is 30.3 Å². The van der Waals surface area contributed by atoms with Crippen molar-refractivity contribution in [2.45, 2.75) is 0 Å². The molecule has 2 rings (SSSR count). The van der Waals surface area contributed by atoms with Gasteiger partial charge in [-0.05, 0) is 42.5 Å². The van der Waals surface area contributed by atoms with E-state index in [4.69, 9.17) is 35.4 Å². The van der Waals surface area contributed by atoms with Gasteiger partial charge in [0.25, 0.3) is 5.69 Å². The minimum atomic E-state index is -0.594. The Morgan fingerprint density at radius 2 is 1.68 bits per heavy atom. The molecule has 0 fully saturated rings. The summed E-state index contributed by atoms with van der Waals surface area (Å²) < 4.78 is 13.1. The summed E-state index contributed by atoms with van der Waals surface area (Å²) in [5, 5.41) is 16.5. The highest BCUT2D eigenvalue weighted by atomic mass is 35.5. The van der Waals surface area contributed by atoms with Gasteiger partial charge in [0, 0.05) is 17.4 Å². The molecule has 0 aliphatic carbocycles. The van der Waals surface area contributed by atoms with Crippen molar-refractivity contribution < 1.29 is 9.31 Å². The second-order valence-electron chi connectivity index (χ2n) is 4.13. The van der Waals surface area contributed by atoms with Crippen LogP contribution in [-0.2, 0) is 0 Å². The van der Waals surface area contributed by atoms with Gasteiger partial charge in [-0.25, -0.2) is 4.39 Å². The van der Waals surface area contributed by atoms with Crippen LogP contribution in [0.1, 0.15) is 0 Å². The molecular weight excluding hydrogens is 352 g/mol. The largest absolute Gasteiger partial charge is 0.332 e. The number of nitrogens with one attached hydrogen (secondary N) is 2. The SMILES string of the molecule is O=[N+]([O-])c1cc(NC(=S)Nc2ccc(F)c(Cl)c2)ccc1Cl. The molecule has 0 unspecified atom stereocenters. The number of hydrogen-bond acceptors (Lipinski definition) is 3. The van der Waals surface area contributed by atoms with Gasteiger partial charge in [0.2, 0.25) is 0 Å². The molecule has 2 N–H and O–H groups in total. The predicted molar refractivity (Wildman–Crippen MR) is 89.4 cm³/mol. The Morgan fingerprint density at radius 3 is 2.27 bits per heavy atom. The number of thiocarbonyl (C=S) groups is 1. The monoisotopic (exact) mass is 359 g/mol. The molecule has 2 aromatic carbocycles. The molecule has 5 nitrogen and oxygen atoms in total. The number of anilines is 2. The fourth-order valence-corrected chi connectivity index (χ4v) is 2.20. The highest BCUT2D eigenvalue weighted by molar-refractivity contribution is 7.80. The number of nitro benzene ring substituents is 1. The van der Waals surface area contributed by atoms with Crippen molar-refractivity contribution in [2.24, 2.45) is 0 Å². The fraction of sp³-hybridized carbons (Fsp3) is 0. The summed E-state index contributed by atoms with van der Waals surface area (Å²) in [6, 6.07) is 8.21. The van der Waals surface area contributed by atoms with Gasteiger partial charge < -0.3 is 10.6 Å².